The van der Waals surface area contributed by atoms with Gasteiger partial charge in [0.25, 0.3) is 5.91 Å². The van der Waals surface area contributed by atoms with Gasteiger partial charge in [-0.15, -0.1) is 0 Å². The van der Waals surface area contributed by atoms with E-state index in [1.807, 2.05) is 13.8 Å². The second kappa shape index (κ2) is 6.43. The third-order valence-corrected chi connectivity index (χ3v) is 3.94. The van der Waals surface area contributed by atoms with Crippen LogP contribution in [0.4, 0.5) is 11.5 Å². The van der Waals surface area contributed by atoms with Crippen molar-refractivity contribution in [3.05, 3.63) is 35.8 Å². The Balaban J connectivity index is 1.64. The Kier molecular flexibility index (Phi) is 4.33. The van der Waals surface area contributed by atoms with Crippen LogP contribution >= 0.6 is 0 Å². The molecule has 1 aliphatic carbocycles. The van der Waals surface area contributed by atoms with Crippen molar-refractivity contribution in [1.29, 1.82) is 0 Å². The van der Waals surface area contributed by atoms with Crippen LogP contribution in [0.25, 0.3) is 0 Å². The molecule has 2 N–H and O–H groups in total. The fourth-order valence-electron chi connectivity index (χ4n) is 2.29. The molecule has 1 saturated carbocycles. The van der Waals surface area contributed by atoms with Gasteiger partial charge in [-0.2, -0.15) is 5.10 Å². The average Bonchev–Trinajstić information content (AvgIpc) is 3.31. The Bertz CT molecular complexity index is 760. The van der Waals surface area contributed by atoms with Crippen LogP contribution in [0.5, 0.6) is 0 Å². The SMILES string of the molecule is CC(C)c1cc(C(=O)Nc2ccc(NC(=O)C3CC3)nc2)n(C)n1. The zero-order valence-corrected chi connectivity index (χ0v) is 14.0. The van der Waals surface area contributed by atoms with E-state index in [0.29, 0.717) is 17.2 Å². The minimum absolute atomic E-state index is 0.00962. The van der Waals surface area contributed by atoms with E-state index in [2.05, 4.69) is 20.7 Å². The molecular weight excluding hydrogens is 306 g/mol. The van der Waals surface area contributed by atoms with Gasteiger partial charge in [-0.1, -0.05) is 13.8 Å². The zero-order chi connectivity index (χ0) is 17.3. The summed E-state index contributed by atoms with van der Waals surface area (Å²) in [5.41, 5.74) is 1.93. The molecule has 24 heavy (non-hydrogen) atoms. The number of carbonyl (C=O) groups excluding carboxylic acids is 2. The van der Waals surface area contributed by atoms with Crippen molar-refractivity contribution in [1.82, 2.24) is 14.8 Å². The third kappa shape index (κ3) is 3.61. The second-order valence-corrected chi connectivity index (χ2v) is 6.38. The molecular formula is C17H21N5O2. The molecule has 0 saturated heterocycles. The normalized spacial score (nSPS) is 13.8. The summed E-state index contributed by atoms with van der Waals surface area (Å²) < 4.78 is 1.57. The summed E-state index contributed by atoms with van der Waals surface area (Å²) in [6.07, 6.45) is 3.42. The van der Waals surface area contributed by atoms with Crippen molar-refractivity contribution in [3.8, 4) is 0 Å². The molecule has 0 unspecified atom stereocenters. The van der Waals surface area contributed by atoms with E-state index in [1.54, 1.807) is 29.9 Å². The number of amides is 2. The first-order chi connectivity index (χ1) is 11.4. The van der Waals surface area contributed by atoms with Crippen LogP contribution in [-0.2, 0) is 11.8 Å². The number of nitrogens with one attached hydrogen (secondary N) is 2. The number of aromatic nitrogens is 3. The highest BCUT2D eigenvalue weighted by Gasteiger charge is 2.29. The van der Waals surface area contributed by atoms with E-state index in [9.17, 15) is 9.59 Å². The van der Waals surface area contributed by atoms with E-state index in [-0.39, 0.29) is 23.7 Å². The fraction of sp³-hybridized carbons (Fsp3) is 0.412. The van der Waals surface area contributed by atoms with Gasteiger partial charge < -0.3 is 10.6 Å². The van der Waals surface area contributed by atoms with Crippen molar-refractivity contribution in [3.63, 3.8) is 0 Å². The molecule has 1 aliphatic rings. The largest absolute Gasteiger partial charge is 0.319 e. The molecule has 0 bridgehead atoms. The summed E-state index contributed by atoms with van der Waals surface area (Å²) in [4.78, 5) is 28.2. The van der Waals surface area contributed by atoms with Gasteiger partial charge in [-0.25, -0.2) is 4.98 Å². The lowest BCUT2D eigenvalue weighted by atomic mass is 10.1. The van der Waals surface area contributed by atoms with Crippen LogP contribution in [0.2, 0.25) is 0 Å². The maximum Gasteiger partial charge on any atom is 0.273 e. The molecule has 0 spiro atoms. The Hall–Kier alpha value is -2.70. The van der Waals surface area contributed by atoms with Gasteiger partial charge in [0.05, 0.1) is 17.6 Å². The monoisotopic (exact) mass is 327 g/mol. The number of hydrogen-bond donors (Lipinski definition) is 2. The lowest BCUT2D eigenvalue weighted by Crippen LogP contribution is -2.17. The number of nitrogens with zero attached hydrogens (tertiary/aromatic N) is 3. The molecule has 0 radical (unpaired) electrons. The van der Waals surface area contributed by atoms with Gasteiger partial charge in [0.15, 0.2) is 0 Å². The Morgan fingerprint density at radius 1 is 1.25 bits per heavy atom. The van der Waals surface area contributed by atoms with Crippen molar-refractivity contribution in [2.24, 2.45) is 13.0 Å². The first-order valence-electron chi connectivity index (χ1n) is 8.06. The van der Waals surface area contributed by atoms with Gasteiger partial charge in [0.1, 0.15) is 11.5 Å². The first-order valence-corrected chi connectivity index (χ1v) is 8.06. The summed E-state index contributed by atoms with van der Waals surface area (Å²) in [5.74, 6) is 0.649. The summed E-state index contributed by atoms with van der Waals surface area (Å²) >= 11 is 0. The topological polar surface area (TPSA) is 88.9 Å². The van der Waals surface area contributed by atoms with Gasteiger partial charge in [-0.3, -0.25) is 14.3 Å². The maximum atomic E-state index is 12.4. The fourth-order valence-corrected chi connectivity index (χ4v) is 2.29. The average molecular weight is 327 g/mol. The first kappa shape index (κ1) is 16.2. The standard InChI is InChI=1S/C17H21N5O2/c1-10(2)13-8-14(22(3)21-13)17(24)19-12-6-7-15(18-9-12)20-16(23)11-4-5-11/h6-11H,4-5H2,1-3H3,(H,19,24)(H,18,20,23). The molecule has 2 amide bonds. The highest BCUT2D eigenvalue weighted by molar-refractivity contribution is 6.03. The van der Waals surface area contributed by atoms with E-state index in [1.165, 1.54) is 6.20 Å². The second-order valence-electron chi connectivity index (χ2n) is 6.38. The lowest BCUT2D eigenvalue weighted by Gasteiger charge is -2.07. The molecule has 3 rings (SSSR count). The minimum Gasteiger partial charge on any atom is -0.319 e. The van der Waals surface area contributed by atoms with E-state index < -0.39 is 0 Å². The molecule has 0 atom stereocenters. The van der Waals surface area contributed by atoms with E-state index in [4.69, 9.17) is 0 Å². The molecule has 126 valence electrons. The van der Waals surface area contributed by atoms with Crippen molar-refractivity contribution < 1.29 is 9.59 Å². The van der Waals surface area contributed by atoms with Crippen molar-refractivity contribution >= 4 is 23.3 Å². The smallest absolute Gasteiger partial charge is 0.273 e. The Morgan fingerprint density at radius 3 is 2.54 bits per heavy atom. The van der Waals surface area contributed by atoms with Crippen LogP contribution in [0.15, 0.2) is 24.4 Å². The predicted octanol–water partition coefficient (Wildman–Crippen LogP) is 2.54. The van der Waals surface area contributed by atoms with Crippen LogP contribution in [0.3, 0.4) is 0 Å². The molecule has 0 aliphatic heterocycles. The zero-order valence-electron chi connectivity index (χ0n) is 14.0. The number of hydrogen-bond acceptors (Lipinski definition) is 4. The summed E-state index contributed by atoms with van der Waals surface area (Å²) in [6.45, 7) is 4.06. The number of anilines is 2. The number of carbonyl (C=O) groups is 2. The summed E-state index contributed by atoms with van der Waals surface area (Å²) in [6, 6.07) is 5.18. The number of aryl methyl sites for hydroxylation is 1. The number of rotatable bonds is 5. The minimum atomic E-state index is -0.242. The van der Waals surface area contributed by atoms with Crippen LogP contribution < -0.4 is 10.6 Å². The molecule has 2 aromatic rings. The molecule has 7 nitrogen and oxygen atoms in total. The van der Waals surface area contributed by atoms with Crippen molar-refractivity contribution in [2.75, 3.05) is 10.6 Å². The molecule has 0 aromatic carbocycles. The molecule has 2 aromatic heterocycles. The summed E-state index contributed by atoms with van der Waals surface area (Å²) in [5, 5.41) is 9.89. The van der Waals surface area contributed by atoms with Crippen LogP contribution in [-0.4, -0.2) is 26.6 Å². The van der Waals surface area contributed by atoms with E-state index >= 15 is 0 Å². The van der Waals surface area contributed by atoms with Gasteiger partial charge in [0.2, 0.25) is 5.91 Å². The maximum absolute atomic E-state index is 12.4. The molecule has 1 fully saturated rings. The van der Waals surface area contributed by atoms with Crippen LogP contribution in [0.1, 0.15) is 48.8 Å². The van der Waals surface area contributed by atoms with Gasteiger partial charge in [0, 0.05) is 13.0 Å². The van der Waals surface area contributed by atoms with Gasteiger partial charge >= 0.3 is 0 Å². The molecule has 2 heterocycles. The predicted molar refractivity (Wildman–Crippen MR) is 90.8 cm³/mol. The van der Waals surface area contributed by atoms with E-state index in [0.717, 1.165) is 18.5 Å². The van der Waals surface area contributed by atoms with Crippen LogP contribution in [0, 0.1) is 5.92 Å². The Morgan fingerprint density at radius 2 is 2.00 bits per heavy atom. The highest BCUT2D eigenvalue weighted by Crippen LogP contribution is 2.30. The third-order valence-electron chi connectivity index (χ3n) is 3.94. The quantitative estimate of drug-likeness (QED) is 0.883. The van der Waals surface area contributed by atoms with Gasteiger partial charge in [-0.05, 0) is 37.0 Å². The number of pyridine rings is 1. The summed E-state index contributed by atoms with van der Waals surface area (Å²) in [7, 11) is 1.75. The highest BCUT2D eigenvalue weighted by atomic mass is 16.2. The van der Waals surface area contributed by atoms with Crippen molar-refractivity contribution in [2.45, 2.75) is 32.6 Å². The Labute approximate surface area is 140 Å². The molecule has 7 heteroatoms. The lowest BCUT2D eigenvalue weighted by molar-refractivity contribution is -0.117.